The molecule has 0 spiro atoms. The fraction of sp³-hybridized carbons (Fsp3) is 0.429. The van der Waals surface area contributed by atoms with E-state index in [0.717, 1.165) is 5.56 Å². The smallest absolute Gasteiger partial charge is 0.337 e. The first-order valence-corrected chi connectivity index (χ1v) is 10.2. The summed E-state index contributed by atoms with van der Waals surface area (Å²) in [5.74, 6) is -4.64. The fourth-order valence-corrected chi connectivity index (χ4v) is 3.43. The summed E-state index contributed by atoms with van der Waals surface area (Å²) >= 11 is 5.96. The lowest BCUT2D eigenvalue weighted by atomic mass is 9.93. The highest BCUT2D eigenvalue weighted by atomic mass is 35.5. The van der Waals surface area contributed by atoms with Crippen LogP contribution in [0.3, 0.4) is 0 Å². The number of hydrogen-bond acceptors (Lipinski definition) is 6. The number of imidazole rings is 1. The number of benzene rings is 1. The van der Waals surface area contributed by atoms with Gasteiger partial charge in [-0.15, -0.1) is 0 Å². The van der Waals surface area contributed by atoms with Crippen molar-refractivity contribution in [2.24, 2.45) is 0 Å². The van der Waals surface area contributed by atoms with E-state index in [-0.39, 0.29) is 6.42 Å². The number of nitrogens with one attached hydrogen (secondary N) is 1. The second kappa shape index (κ2) is 10.6. The number of ether oxygens (including phenoxy) is 1. The second-order valence-electron chi connectivity index (χ2n) is 7.91. The zero-order chi connectivity index (χ0) is 23.9. The predicted molar refractivity (Wildman–Crippen MR) is 114 cm³/mol. The van der Waals surface area contributed by atoms with Gasteiger partial charge in [0.05, 0.1) is 19.2 Å². The number of rotatable bonds is 13. The van der Waals surface area contributed by atoms with E-state index in [1.54, 1.807) is 47.6 Å². The van der Waals surface area contributed by atoms with Gasteiger partial charge in [-0.2, -0.15) is 0 Å². The molecule has 174 valence electrons. The molecule has 32 heavy (non-hydrogen) atoms. The molecule has 4 N–H and O–H groups in total. The summed E-state index contributed by atoms with van der Waals surface area (Å²) in [5.41, 5.74) is -2.39. The number of carbonyl (C=O) groups is 3. The molecule has 0 aliphatic carbocycles. The standard InChI is InChI=1S/C21H26ClN3O7/c1-20(2,14-3-5-15(22)6-4-14)24-16(7-9-25-10-8-23-13-25)32-21(19(30)31,11-17(26)27)12-18(28)29/h3-6,8,10,13,16,24H,7,9,11-12H2,1-2H3,(H,26,27)(H,28,29)(H,30,31). The fourth-order valence-electron chi connectivity index (χ4n) is 3.31. The molecule has 0 aliphatic rings. The molecule has 0 amide bonds. The van der Waals surface area contributed by atoms with E-state index in [2.05, 4.69) is 10.3 Å². The van der Waals surface area contributed by atoms with Crippen molar-refractivity contribution in [1.82, 2.24) is 14.9 Å². The summed E-state index contributed by atoms with van der Waals surface area (Å²) in [6, 6.07) is 7.00. The molecule has 0 saturated heterocycles. The van der Waals surface area contributed by atoms with Crippen molar-refractivity contribution < 1.29 is 34.4 Å². The molecular weight excluding hydrogens is 442 g/mol. The van der Waals surface area contributed by atoms with Crippen molar-refractivity contribution in [3.05, 3.63) is 53.6 Å². The zero-order valence-corrected chi connectivity index (χ0v) is 18.5. The van der Waals surface area contributed by atoms with E-state index < -0.39 is 48.1 Å². The van der Waals surface area contributed by atoms with Gasteiger partial charge in [-0.3, -0.25) is 14.9 Å². The minimum atomic E-state index is -2.46. The maximum Gasteiger partial charge on any atom is 0.337 e. The van der Waals surface area contributed by atoms with Crippen LogP contribution in [0.5, 0.6) is 0 Å². The Balaban J connectivity index is 2.36. The van der Waals surface area contributed by atoms with Crippen LogP contribution in [-0.4, -0.2) is 54.6 Å². The van der Waals surface area contributed by atoms with Crippen molar-refractivity contribution in [1.29, 1.82) is 0 Å². The van der Waals surface area contributed by atoms with Gasteiger partial charge in [0.2, 0.25) is 0 Å². The third-order valence-corrected chi connectivity index (χ3v) is 5.18. The van der Waals surface area contributed by atoms with E-state index >= 15 is 0 Å². The zero-order valence-electron chi connectivity index (χ0n) is 17.7. The number of aliphatic carboxylic acids is 3. The number of nitrogens with zero attached hydrogens (tertiary/aromatic N) is 2. The lowest BCUT2D eigenvalue weighted by Crippen LogP contribution is -2.54. The normalized spacial score (nSPS) is 13.0. The Morgan fingerprint density at radius 2 is 1.72 bits per heavy atom. The SMILES string of the molecule is CC(C)(NC(CCn1ccnc1)OC(CC(=O)O)(CC(=O)O)C(=O)O)c1ccc(Cl)cc1. The van der Waals surface area contributed by atoms with Gasteiger partial charge in [0.1, 0.15) is 6.23 Å². The second-order valence-corrected chi connectivity index (χ2v) is 8.35. The first-order valence-electron chi connectivity index (χ1n) is 9.78. The Bertz CT molecular complexity index is 913. The van der Waals surface area contributed by atoms with Crippen LogP contribution in [0.2, 0.25) is 5.02 Å². The molecule has 1 unspecified atom stereocenters. The third kappa shape index (κ3) is 7.04. The number of aryl methyl sites for hydroxylation is 1. The van der Waals surface area contributed by atoms with Crippen LogP contribution < -0.4 is 5.32 Å². The van der Waals surface area contributed by atoms with Crippen LogP contribution in [0.4, 0.5) is 0 Å². The van der Waals surface area contributed by atoms with E-state index in [4.69, 9.17) is 16.3 Å². The molecule has 2 rings (SSSR count). The van der Waals surface area contributed by atoms with E-state index in [1.165, 1.54) is 0 Å². The number of carboxylic acid groups (broad SMARTS) is 3. The Kier molecular flexibility index (Phi) is 8.37. The monoisotopic (exact) mass is 467 g/mol. The Morgan fingerprint density at radius 1 is 1.12 bits per heavy atom. The van der Waals surface area contributed by atoms with Crippen molar-refractivity contribution in [3.63, 3.8) is 0 Å². The molecule has 1 atom stereocenters. The highest BCUT2D eigenvalue weighted by Crippen LogP contribution is 2.28. The topological polar surface area (TPSA) is 151 Å². The molecule has 11 heteroatoms. The van der Waals surface area contributed by atoms with E-state index in [1.807, 2.05) is 13.8 Å². The van der Waals surface area contributed by atoms with Crippen molar-refractivity contribution >= 4 is 29.5 Å². The average Bonchev–Trinajstić information content (AvgIpc) is 3.18. The molecule has 10 nitrogen and oxygen atoms in total. The Labute approximate surface area is 189 Å². The third-order valence-electron chi connectivity index (χ3n) is 4.93. The molecule has 0 bridgehead atoms. The summed E-state index contributed by atoms with van der Waals surface area (Å²) in [7, 11) is 0. The molecule has 1 aromatic heterocycles. The maximum atomic E-state index is 12.0. The lowest BCUT2D eigenvalue weighted by Gasteiger charge is -2.37. The highest BCUT2D eigenvalue weighted by molar-refractivity contribution is 6.30. The lowest BCUT2D eigenvalue weighted by molar-refractivity contribution is -0.191. The van der Waals surface area contributed by atoms with Gasteiger partial charge in [0.25, 0.3) is 0 Å². The van der Waals surface area contributed by atoms with Crippen LogP contribution >= 0.6 is 11.6 Å². The summed E-state index contributed by atoms with van der Waals surface area (Å²) in [6.07, 6.45) is 2.04. The van der Waals surface area contributed by atoms with Crippen molar-refractivity contribution in [2.45, 2.75) is 57.0 Å². The van der Waals surface area contributed by atoms with Crippen molar-refractivity contribution in [3.8, 4) is 0 Å². The van der Waals surface area contributed by atoms with Gasteiger partial charge in [-0.1, -0.05) is 23.7 Å². The van der Waals surface area contributed by atoms with Gasteiger partial charge < -0.3 is 24.6 Å². The molecule has 0 radical (unpaired) electrons. The first kappa shape index (κ1) is 25.3. The Hall–Kier alpha value is -2.95. The van der Waals surface area contributed by atoms with E-state index in [9.17, 15) is 29.7 Å². The maximum absolute atomic E-state index is 12.0. The molecule has 0 aliphatic heterocycles. The van der Waals surface area contributed by atoms with Gasteiger partial charge in [0, 0.05) is 35.9 Å². The van der Waals surface area contributed by atoms with Crippen LogP contribution in [-0.2, 0) is 31.2 Å². The van der Waals surface area contributed by atoms with E-state index in [0.29, 0.717) is 11.6 Å². The summed E-state index contributed by atoms with van der Waals surface area (Å²) in [5, 5.41) is 32.0. The highest BCUT2D eigenvalue weighted by Gasteiger charge is 2.47. The van der Waals surface area contributed by atoms with Crippen LogP contribution in [0, 0.1) is 0 Å². The summed E-state index contributed by atoms with van der Waals surface area (Å²) < 4.78 is 7.51. The number of aromatic nitrogens is 2. The first-order chi connectivity index (χ1) is 14.9. The summed E-state index contributed by atoms with van der Waals surface area (Å²) in [4.78, 5) is 38.7. The molecule has 0 fully saturated rings. The molecule has 2 aromatic rings. The molecular formula is C21H26ClN3O7. The van der Waals surface area contributed by atoms with Crippen LogP contribution in [0.1, 0.15) is 38.7 Å². The number of halogens is 1. The number of hydrogen-bond donors (Lipinski definition) is 4. The minimum absolute atomic E-state index is 0.210. The predicted octanol–water partition coefficient (Wildman–Crippen LogP) is 2.57. The summed E-state index contributed by atoms with van der Waals surface area (Å²) in [6.45, 7) is 4.03. The van der Waals surface area contributed by atoms with Gasteiger partial charge in [0.15, 0.2) is 5.60 Å². The Morgan fingerprint density at radius 3 is 2.19 bits per heavy atom. The number of carboxylic acids is 3. The van der Waals surface area contributed by atoms with Gasteiger partial charge >= 0.3 is 17.9 Å². The van der Waals surface area contributed by atoms with Gasteiger partial charge in [-0.05, 0) is 31.5 Å². The molecule has 0 saturated carbocycles. The minimum Gasteiger partial charge on any atom is -0.481 e. The largest absolute Gasteiger partial charge is 0.481 e. The molecule has 1 heterocycles. The van der Waals surface area contributed by atoms with Crippen LogP contribution in [0.15, 0.2) is 43.0 Å². The average molecular weight is 468 g/mol. The molecule has 1 aromatic carbocycles. The van der Waals surface area contributed by atoms with Crippen LogP contribution in [0.25, 0.3) is 0 Å². The quantitative estimate of drug-likeness (QED) is 0.326. The van der Waals surface area contributed by atoms with Crippen molar-refractivity contribution in [2.75, 3.05) is 0 Å². The van der Waals surface area contributed by atoms with Gasteiger partial charge in [-0.25, -0.2) is 9.78 Å².